The van der Waals surface area contributed by atoms with Gasteiger partial charge in [0.05, 0.1) is 31.5 Å². The van der Waals surface area contributed by atoms with Crippen molar-refractivity contribution in [1.82, 2.24) is 14.9 Å². The van der Waals surface area contributed by atoms with E-state index in [4.69, 9.17) is 9.47 Å². The molecular formula is C19H21N3O3. The molecule has 0 aliphatic carbocycles. The van der Waals surface area contributed by atoms with Crippen LogP contribution >= 0.6 is 0 Å². The maximum Gasteiger partial charge on any atom is 0.357 e. The van der Waals surface area contributed by atoms with E-state index >= 15 is 0 Å². The Labute approximate surface area is 145 Å². The SMILES string of the molecule is CCOC(=O)c1ncc2[nH]c3ccccc3c2c1CN1CCOCC1. The van der Waals surface area contributed by atoms with Gasteiger partial charge in [-0.2, -0.15) is 0 Å². The lowest BCUT2D eigenvalue weighted by Crippen LogP contribution is -2.36. The van der Waals surface area contributed by atoms with Crippen LogP contribution in [0.1, 0.15) is 23.0 Å². The molecule has 0 atom stereocenters. The third-order valence-corrected chi connectivity index (χ3v) is 4.60. The van der Waals surface area contributed by atoms with Gasteiger partial charge in [-0.05, 0) is 13.0 Å². The van der Waals surface area contributed by atoms with Crippen molar-refractivity contribution < 1.29 is 14.3 Å². The molecule has 3 heterocycles. The minimum Gasteiger partial charge on any atom is -0.461 e. The zero-order valence-corrected chi connectivity index (χ0v) is 14.2. The normalized spacial score (nSPS) is 15.7. The van der Waals surface area contributed by atoms with E-state index in [0.717, 1.165) is 40.5 Å². The highest BCUT2D eigenvalue weighted by atomic mass is 16.5. The summed E-state index contributed by atoms with van der Waals surface area (Å²) in [5.41, 5.74) is 3.32. The fourth-order valence-electron chi connectivity index (χ4n) is 3.42. The van der Waals surface area contributed by atoms with E-state index in [1.807, 2.05) is 25.1 Å². The van der Waals surface area contributed by atoms with Gasteiger partial charge in [0.1, 0.15) is 0 Å². The lowest BCUT2D eigenvalue weighted by molar-refractivity contribution is 0.0337. The monoisotopic (exact) mass is 339 g/mol. The van der Waals surface area contributed by atoms with Gasteiger partial charge < -0.3 is 14.5 Å². The Bertz CT molecular complexity index is 913. The molecule has 0 saturated carbocycles. The predicted octanol–water partition coefficient (Wildman–Crippen LogP) is 2.73. The second kappa shape index (κ2) is 6.82. The summed E-state index contributed by atoms with van der Waals surface area (Å²) in [6.07, 6.45) is 1.73. The van der Waals surface area contributed by atoms with Gasteiger partial charge in [-0.25, -0.2) is 9.78 Å². The van der Waals surface area contributed by atoms with E-state index in [-0.39, 0.29) is 5.97 Å². The third-order valence-electron chi connectivity index (χ3n) is 4.60. The minimum atomic E-state index is -0.363. The lowest BCUT2D eigenvalue weighted by atomic mass is 10.0. The number of hydrogen-bond acceptors (Lipinski definition) is 5. The molecule has 130 valence electrons. The highest BCUT2D eigenvalue weighted by Crippen LogP contribution is 2.30. The number of hydrogen-bond donors (Lipinski definition) is 1. The summed E-state index contributed by atoms with van der Waals surface area (Å²) in [5, 5.41) is 2.16. The zero-order valence-electron chi connectivity index (χ0n) is 14.2. The Morgan fingerprint density at radius 1 is 1.28 bits per heavy atom. The number of benzene rings is 1. The number of fused-ring (bicyclic) bond motifs is 3. The number of rotatable bonds is 4. The van der Waals surface area contributed by atoms with E-state index in [2.05, 4.69) is 20.9 Å². The lowest BCUT2D eigenvalue weighted by Gasteiger charge is -2.27. The first kappa shape index (κ1) is 16.1. The highest BCUT2D eigenvalue weighted by molar-refractivity contribution is 6.11. The largest absolute Gasteiger partial charge is 0.461 e. The van der Waals surface area contributed by atoms with Gasteiger partial charge in [-0.15, -0.1) is 0 Å². The van der Waals surface area contributed by atoms with Crippen molar-refractivity contribution in [3.05, 3.63) is 41.7 Å². The van der Waals surface area contributed by atoms with Crippen molar-refractivity contribution in [1.29, 1.82) is 0 Å². The topological polar surface area (TPSA) is 67.5 Å². The fraction of sp³-hybridized carbons (Fsp3) is 0.368. The van der Waals surface area contributed by atoms with Gasteiger partial charge in [0.25, 0.3) is 0 Å². The summed E-state index contributed by atoms with van der Waals surface area (Å²) in [6, 6.07) is 8.13. The van der Waals surface area contributed by atoms with E-state index < -0.39 is 0 Å². The maximum atomic E-state index is 12.5. The number of carbonyl (C=O) groups excluding carboxylic acids is 1. The van der Waals surface area contributed by atoms with Crippen LogP contribution in [0.4, 0.5) is 0 Å². The van der Waals surface area contributed by atoms with Crippen LogP contribution < -0.4 is 0 Å². The van der Waals surface area contributed by atoms with E-state index in [9.17, 15) is 4.79 Å². The summed E-state index contributed by atoms with van der Waals surface area (Å²) < 4.78 is 10.7. The van der Waals surface area contributed by atoms with Crippen molar-refractivity contribution in [2.75, 3.05) is 32.9 Å². The number of carbonyl (C=O) groups is 1. The minimum absolute atomic E-state index is 0.337. The molecule has 1 N–H and O–H groups in total. The average Bonchev–Trinajstić information content (AvgIpc) is 3.02. The maximum absolute atomic E-state index is 12.5. The quantitative estimate of drug-likeness (QED) is 0.740. The van der Waals surface area contributed by atoms with Gasteiger partial charge >= 0.3 is 5.97 Å². The molecule has 4 rings (SSSR count). The molecule has 0 radical (unpaired) electrons. The molecule has 1 fully saturated rings. The molecule has 0 amide bonds. The van der Waals surface area contributed by atoms with Crippen LogP contribution in [0.15, 0.2) is 30.5 Å². The zero-order chi connectivity index (χ0) is 17.2. The number of aromatic amines is 1. The Hall–Kier alpha value is -2.44. The second-order valence-electron chi connectivity index (χ2n) is 6.15. The molecular weight excluding hydrogens is 318 g/mol. The van der Waals surface area contributed by atoms with Crippen molar-refractivity contribution in [2.24, 2.45) is 0 Å². The van der Waals surface area contributed by atoms with Gasteiger partial charge in [0, 0.05) is 41.5 Å². The molecule has 6 heteroatoms. The van der Waals surface area contributed by atoms with Crippen molar-refractivity contribution in [3.63, 3.8) is 0 Å². The van der Waals surface area contributed by atoms with Crippen LogP contribution in [0.3, 0.4) is 0 Å². The first-order valence-electron chi connectivity index (χ1n) is 8.63. The highest BCUT2D eigenvalue weighted by Gasteiger charge is 2.22. The number of nitrogens with zero attached hydrogens (tertiary/aromatic N) is 2. The summed E-state index contributed by atoms with van der Waals surface area (Å²) >= 11 is 0. The van der Waals surface area contributed by atoms with Crippen LogP contribution in [-0.4, -0.2) is 53.7 Å². The molecule has 1 saturated heterocycles. The summed E-state index contributed by atoms with van der Waals surface area (Å²) in [6.45, 7) is 5.93. The summed E-state index contributed by atoms with van der Waals surface area (Å²) in [5.74, 6) is -0.363. The molecule has 1 aliphatic rings. The average molecular weight is 339 g/mol. The smallest absolute Gasteiger partial charge is 0.357 e. The Kier molecular flexibility index (Phi) is 4.38. The fourth-order valence-corrected chi connectivity index (χ4v) is 3.42. The molecule has 25 heavy (non-hydrogen) atoms. The molecule has 1 aromatic carbocycles. The van der Waals surface area contributed by atoms with Crippen LogP contribution in [-0.2, 0) is 16.0 Å². The first-order chi connectivity index (χ1) is 12.3. The van der Waals surface area contributed by atoms with Crippen LogP contribution in [0.2, 0.25) is 0 Å². The van der Waals surface area contributed by atoms with Crippen molar-refractivity contribution >= 4 is 27.8 Å². The predicted molar refractivity (Wildman–Crippen MR) is 95.7 cm³/mol. The number of ether oxygens (including phenoxy) is 2. The number of aromatic nitrogens is 2. The Balaban J connectivity index is 1.89. The van der Waals surface area contributed by atoms with Gasteiger partial charge in [-0.3, -0.25) is 4.90 Å². The molecule has 3 aromatic rings. The first-order valence-corrected chi connectivity index (χ1v) is 8.63. The Morgan fingerprint density at radius 2 is 2.08 bits per heavy atom. The van der Waals surface area contributed by atoms with Gasteiger partial charge in [-0.1, -0.05) is 18.2 Å². The third kappa shape index (κ3) is 2.99. The summed E-state index contributed by atoms with van der Waals surface area (Å²) in [7, 11) is 0. The number of pyridine rings is 1. The van der Waals surface area contributed by atoms with Gasteiger partial charge in [0.15, 0.2) is 5.69 Å². The summed E-state index contributed by atoms with van der Waals surface area (Å²) in [4.78, 5) is 22.6. The number of para-hydroxylation sites is 1. The Morgan fingerprint density at radius 3 is 2.88 bits per heavy atom. The van der Waals surface area contributed by atoms with E-state index in [1.54, 1.807) is 6.20 Å². The molecule has 0 unspecified atom stereocenters. The number of morpholine rings is 1. The second-order valence-corrected chi connectivity index (χ2v) is 6.15. The number of nitrogens with one attached hydrogen (secondary N) is 1. The van der Waals surface area contributed by atoms with Crippen molar-refractivity contribution in [3.8, 4) is 0 Å². The van der Waals surface area contributed by atoms with E-state index in [1.165, 1.54) is 0 Å². The van der Waals surface area contributed by atoms with Crippen LogP contribution in [0.25, 0.3) is 21.8 Å². The number of H-pyrrole nitrogens is 1. The number of esters is 1. The van der Waals surface area contributed by atoms with Gasteiger partial charge in [0.2, 0.25) is 0 Å². The standard InChI is InChI=1S/C19H21N3O3/c1-2-25-19(23)18-14(12-22-7-9-24-10-8-22)17-13-5-3-4-6-15(13)21-16(17)11-20-18/h3-6,11,21H,2,7-10,12H2,1H3. The van der Waals surface area contributed by atoms with E-state index in [0.29, 0.717) is 32.1 Å². The molecule has 1 aliphatic heterocycles. The molecule has 6 nitrogen and oxygen atoms in total. The molecule has 2 aromatic heterocycles. The van der Waals surface area contributed by atoms with Crippen LogP contribution in [0, 0.1) is 0 Å². The molecule has 0 spiro atoms. The van der Waals surface area contributed by atoms with Crippen LogP contribution in [0.5, 0.6) is 0 Å². The van der Waals surface area contributed by atoms with Crippen molar-refractivity contribution in [2.45, 2.75) is 13.5 Å². The molecule has 0 bridgehead atoms.